The van der Waals surface area contributed by atoms with Gasteiger partial charge in [0.25, 0.3) is 0 Å². The molecule has 0 aromatic rings. The average Bonchev–Trinajstić information content (AvgIpc) is 3.27. The SMILES string of the molecule is CC(C)=CCC[C@@H](C)[C@H]1CC[C@@]2(C)[C@@H]3CC[C@@H]4[C@H](C)[C@@H](O)CC[C@@]45C[C@@]35CC[C@]12C. The van der Waals surface area contributed by atoms with Crippen molar-refractivity contribution in [2.45, 2.75) is 118 Å². The zero-order chi connectivity index (χ0) is 21.5. The molecule has 0 bridgehead atoms. The fraction of sp³-hybridized carbons (Fsp3) is 0.931. The van der Waals surface area contributed by atoms with Crippen LogP contribution in [0.4, 0.5) is 0 Å². The Morgan fingerprint density at radius 3 is 2.47 bits per heavy atom. The minimum atomic E-state index is -0.0308. The Kier molecular flexibility index (Phi) is 4.92. The van der Waals surface area contributed by atoms with Crippen LogP contribution in [0, 0.1) is 51.2 Å². The van der Waals surface area contributed by atoms with E-state index in [0.29, 0.717) is 27.6 Å². The smallest absolute Gasteiger partial charge is 0.0568 e. The van der Waals surface area contributed by atoms with Crippen LogP contribution in [-0.2, 0) is 0 Å². The Morgan fingerprint density at radius 2 is 1.73 bits per heavy atom. The summed E-state index contributed by atoms with van der Waals surface area (Å²) in [5, 5.41) is 10.6. The van der Waals surface area contributed by atoms with Gasteiger partial charge in [0.05, 0.1) is 6.10 Å². The number of hydrogen-bond donors (Lipinski definition) is 1. The fourth-order valence-electron chi connectivity index (χ4n) is 10.8. The Labute approximate surface area is 186 Å². The van der Waals surface area contributed by atoms with Crippen molar-refractivity contribution >= 4 is 0 Å². The molecule has 30 heavy (non-hydrogen) atoms. The predicted octanol–water partition coefficient (Wildman–Crippen LogP) is 7.78. The first-order valence-corrected chi connectivity index (χ1v) is 13.4. The number of aliphatic hydroxyl groups is 1. The van der Waals surface area contributed by atoms with Gasteiger partial charge in [-0.25, -0.2) is 0 Å². The lowest BCUT2D eigenvalue weighted by atomic mass is 9.43. The van der Waals surface area contributed by atoms with Crippen LogP contribution in [0.2, 0.25) is 0 Å². The molecule has 0 saturated heterocycles. The van der Waals surface area contributed by atoms with Gasteiger partial charge in [-0.05, 0) is 136 Å². The maximum absolute atomic E-state index is 10.6. The molecule has 1 N–H and O–H groups in total. The lowest BCUT2D eigenvalue weighted by molar-refractivity contribution is -0.142. The van der Waals surface area contributed by atoms with Crippen LogP contribution in [0.5, 0.6) is 0 Å². The van der Waals surface area contributed by atoms with Gasteiger partial charge in [0, 0.05) is 0 Å². The predicted molar refractivity (Wildman–Crippen MR) is 126 cm³/mol. The maximum Gasteiger partial charge on any atom is 0.0568 e. The average molecular weight is 413 g/mol. The van der Waals surface area contributed by atoms with E-state index in [4.69, 9.17) is 0 Å². The molecule has 170 valence electrons. The molecule has 0 aromatic carbocycles. The molecular weight excluding hydrogens is 364 g/mol. The summed E-state index contributed by atoms with van der Waals surface area (Å²) in [4.78, 5) is 0. The Morgan fingerprint density at radius 1 is 0.967 bits per heavy atom. The van der Waals surface area contributed by atoms with E-state index in [1.807, 2.05) is 0 Å². The van der Waals surface area contributed by atoms with Gasteiger partial charge in [0.15, 0.2) is 0 Å². The first kappa shape index (κ1) is 21.5. The van der Waals surface area contributed by atoms with Crippen molar-refractivity contribution in [3.63, 3.8) is 0 Å². The van der Waals surface area contributed by atoms with Crippen molar-refractivity contribution in [3.8, 4) is 0 Å². The van der Waals surface area contributed by atoms with E-state index < -0.39 is 0 Å². The fourth-order valence-corrected chi connectivity index (χ4v) is 10.8. The summed E-state index contributed by atoms with van der Waals surface area (Å²) in [6.07, 6.45) is 17.8. The Bertz CT molecular complexity index is 720. The van der Waals surface area contributed by atoms with Crippen LogP contribution in [0.3, 0.4) is 0 Å². The second-order valence-corrected chi connectivity index (χ2v) is 13.5. The van der Waals surface area contributed by atoms with E-state index in [-0.39, 0.29) is 6.10 Å². The third-order valence-corrected chi connectivity index (χ3v) is 12.6. The van der Waals surface area contributed by atoms with Gasteiger partial charge >= 0.3 is 0 Å². The van der Waals surface area contributed by atoms with Crippen LogP contribution >= 0.6 is 0 Å². The van der Waals surface area contributed by atoms with Crippen molar-refractivity contribution in [3.05, 3.63) is 11.6 Å². The molecule has 0 unspecified atom stereocenters. The standard InChI is InChI=1S/C29H48O/c1-19(2)8-7-9-20(3)22-12-14-27(6)25-11-10-23-21(4)24(30)13-15-28(23)18-29(25,28)17-16-26(22,27)5/h8,20-25,30H,7,9-18H2,1-6H3/t20-,21+,22-,23-,24+,25+,26-,27+,28-,29+/m1/s1. The molecule has 0 heterocycles. The number of rotatable bonds is 4. The van der Waals surface area contributed by atoms with Gasteiger partial charge in [-0.1, -0.05) is 39.3 Å². The molecule has 0 aliphatic heterocycles. The summed E-state index contributed by atoms with van der Waals surface area (Å²) in [7, 11) is 0. The molecule has 0 aromatic heterocycles. The van der Waals surface area contributed by atoms with Crippen molar-refractivity contribution in [2.75, 3.05) is 0 Å². The van der Waals surface area contributed by atoms with Gasteiger partial charge in [-0.15, -0.1) is 0 Å². The molecule has 0 radical (unpaired) electrons. The summed E-state index contributed by atoms with van der Waals surface area (Å²) >= 11 is 0. The highest BCUT2D eigenvalue weighted by Gasteiger charge is 2.81. The largest absolute Gasteiger partial charge is 0.393 e. The quantitative estimate of drug-likeness (QED) is 0.467. The minimum absolute atomic E-state index is 0.0308. The minimum Gasteiger partial charge on any atom is -0.393 e. The lowest BCUT2D eigenvalue weighted by Gasteiger charge is -2.62. The highest BCUT2D eigenvalue weighted by molar-refractivity contribution is 5.29. The van der Waals surface area contributed by atoms with E-state index in [1.54, 1.807) is 0 Å². The van der Waals surface area contributed by atoms with E-state index in [9.17, 15) is 5.11 Å². The van der Waals surface area contributed by atoms with Gasteiger partial charge < -0.3 is 5.11 Å². The highest BCUT2D eigenvalue weighted by atomic mass is 16.3. The Hall–Kier alpha value is -0.300. The number of aliphatic hydroxyl groups excluding tert-OH is 1. The van der Waals surface area contributed by atoms with Crippen LogP contribution < -0.4 is 0 Å². The second-order valence-electron chi connectivity index (χ2n) is 13.5. The van der Waals surface area contributed by atoms with E-state index in [2.05, 4.69) is 47.6 Å². The second kappa shape index (κ2) is 6.85. The molecule has 10 atom stereocenters. The first-order valence-electron chi connectivity index (χ1n) is 13.4. The van der Waals surface area contributed by atoms with Crippen molar-refractivity contribution in [2.24, 2.45) is 51.2 Å². The maximum atomic E-state index is 10.6. The third kappa shape index (κ3) is 2.57. The number of fused-ring (bicyclic) bond motifs is 2. The molecule has 0 amide bonds. The Balaban J connectivity index is 1.39. The van der Waals surface area contributed by atoms with Crippen LogP contribution in [-0.4, -0.2) is 11.2 Å². The third-order valence-electron chi connectivity index (χ3n) is 12.6. The summed E-state index contributed by atoms with van der Waals surface area (Å²) in [5.41, 5.74) is 3.84. The van der Waals surface area contributed by atoms with Crippen LogP contribution in [0.1, 0.15) is 112 Å². The molecule has 1 nitrogen and oxygen atoms in total. The summed E-state index contributed by atoms with van der Waals surface area (Å²) < 4.78 is 0. The molecule has 2 spiro atoms. The zero-order valence-corrected chi connectivity index (χ0v) is 20.8. The molecule has 5 rings (SSSR count). The summed E-state index contributed by atoms with van der Waals surface area (Å²) in [6, 6.07) is 0. The monoisotopic (exact) mass is 412 g/mol. The van der Waals surface area contributed by atoms with Gasteiger partial charge in [0.2, 0.25) is 0 Å². The zero-order valence-electron chi connectivity index (χ0n) is 20.8. The summed E-state index contributed by atoms with van der Waals surface area (Å²) in [6.45, 7) is 14.9. The molecular formula is C29H48O. The molecule has 5 aliphatic rings. The van der Waals surface area contributed by atoms with Gasteiger partial charge in [-0.2, -0.15) is 0 Å². The molecule has 5 saturated carbocycles. The van der Waals surface area contributed by atoms with Crippen molar-refractivity contribution < 1.29 is 5.11 Å². The van der Waals surface area contributed by atoms with Gasteiger partial charge in [-0.3, -0.25) is 0 Å². The van der Waals surface area contributed by atoms with E-state index in [1.165, 1.54) is 69.8 Å². The van der Waals surface area contributed by atoms with E-state index >= 15 is 0 Å². The first-order chi connectivity index (χ1) is 14.1. The van der Waals surface area contributed by atoms with E-state index in [0.717, 1.165) is 30.1 Å². The van der Waals surface area contributed by atoms with Crippen LogP contribution in [0.15, 0.2) is 11.6 Å². The number of hydrogen-bond acceptors (Lipinski definition) is 1. The summed E-state index contributed by atoms with van der Waals surface area (Å²) in [5.74, 6) is 4.08. The highest BCUT2D eigenvalue weighted by Crippen LogP contribution is 2.88. The number of allylic oxidation sites excluding steroid dienone is 2. The molecule has 1 heteroatoms. The topological polar surface area (TPSA) is 20.2 Å². The van der Waals surface area contributed by atoms with Crippen molar-refractivity contribution in [1.82, 2.24) is 0 Å². The van der Waals surface area contributed by atoms with Gasteiger partial charge in [0.1, 0.15) is 0 Å². The molecule has 5 fully saturated rings. The van der Waals surface area contributed by atoms with Crippen LogP contribution in [0.25, 0.3) is 0 Å². The van der Waals surface area contributed by atoms with Crippen molar-refractivity contribution in [1.29, 1.82) is 0 Å². The normalized spacial score (nSPS) is 55.0. The lowest BCUT2D eigenvalue weighted by Crippen LogP contribution is -2.55. The molecule has 5 aliphatic carbocycles.